The Kier molecular flexibility index (Phi) is 4.52. The smallest absolute Gasteiger partial charge is 0.336 e. The maximum atomic E-state index is 11.8. The van der Waals surface area contributed by atoms with Crippen molar-refractivity contribution in [3.8, 4) is 5.75 Å². The first-order valence-electron chi connectivity index (χ1n) is 9.45. The molecule has 1 saturated heterocycles. The van der Waals surface area contributed by atoms with Gasteiger partial charge >= 0.3 is 5.97 Å². The number of rotatable bonds is 4. The standard InChI is InChI=1S/C22H20ClNO3S/c23-18-8-7-17(22(25)26)19-15-5-2-6-16(15)20(24-21(18)19)12-3-1-4-13(9-12)27-14-10-28-11-14/h1-5,7-9,14-16,20,24H,6,10-11H2,(H,25,26). The van der Waals surface area contributed by atoms with E-state index in [9.17, 15) is 9.90 Å². The first-order chi connectivity index (χ1) is 13.6. The number of hydrogen-bond acceptors (Lipinski definition) is 4. The zero-order chi connectivity index (χ0) is 19.3. The minimum absolute atomic E-state index is 0.0404. The lowest BCUT2D eigenvalue weighted by Gasteiger charge is -2.38. The van der Waals surface area contributed by atoms with E-state index >= 15 is 0 Å². The van der Waals surface area contributed by atoms with Gasteiger partial charge in [0.15, 0.2) is 0 Å². The van der Waals surface area contributed by atoms with Crippen molar-refractivity contribution < 1.29 is 14.6 Å². The molecule has 3 aliphatic rings. The molecule has 0 spiro atoms. The molecule has 0 saturated carbocycles. The monoisotopic (exact) mass is 413 g/mol. The predicted octanol–water partition coefficient (Wildman–Crippen LogP) is 5.36. The molecule has 2 heterocycles. The van der Waals surface area contributed by atoms with Crippen LogP contribution in [0.25, 0.3) is 0 Å². The zero-order valence-electron chi connectivity index (χ0n) is 15.1. The number of carbonyl (C=O) groups is 1. The Balaban J connectivity index is 1.54. The van der Waals surface area contributed by atoms with Gasteiger partial charge in [-0.25, -0.2) is 4.79 Å². The second-order valence-corrected chi connectivity index (χ2v) is 9.00. The van der Waals surface area contributed by atoms with Crippen molar-refractivity contribution in [3.63, 3.8) is 0 Å². The van der Waals surface area contributed by atoms with Gasteiger partial charge in [0.1, 0.15) is 11.9 Å². The summed E-state index contributed by atoms with van der Waals surface area (Å²) >= 11 is 8.38. The molecule has 6 heteroatoms. The Morgan fingerprint density at radius 2 is 2.11 bits per heavy atom. The molecule has 28 heavy (non-hydrogen) atoms. The van der Waals surface area contributed by atoms with E-state index in [-0.39, 0.29) is 17.9 Å². The summed E-state index contributed by atoms with van der Waals surface area (Å²) in [5.41, 5.74) is 3.01. The first kappa shape index (κ1) is 18.0. The van der Waals surface area contributed by atoms with Gasteiger partial charge < -0.3 is 15.2 Å². The van der Waals surface area contributed by atoms with Crippen LogP contribution in [0.1, 0.15) is 39.9 Å². The summed E-state index contributed by atoms with van der Waals surface area (Å²) in [6.07, 6.45) is 5.48. The molecular weight excluding hydrogens is 394 g/mol. The molecule has 0 aromatic heterocycles. The van der Waals surface area contributed by atoms with Crippen molar-refractivity contribution in [1.29, 1.82) is 0 Å². The highest BCUT2D eigenvalue weighted by molar-refractivity contribution is 8.00. The van der Waals surface area contributed by atoms with Crippen LogP contribution in [-0.4, -0.2) is 28.7 Å². The van der Waals surface area contributed by atoms with Gasteiger partial charge in [0.2, 0.25) is 0 Å². The molecule has 4 nitrogen and oxygen atoms in total. The number of aromatic carboxylic acids is 1. The number of halogens is 1. The molecule has 0 amide bonds. The number of allylic oxidation sites excluding steroid dienone is 2. The third-order valence-corrected chi connectivity index (χ3v) is 7.36. The normalized spacial score (nSPS) is 25.4. The number of thioether (sulfide) groups is 1. The van der Waals surface area contributed by atoms with Crippen molar-refractivity contribution in [3.05, 3.63) is 70.3 Å². The van der Waals surface area contributed by atoms with Gasteiger partial charge in [0.05, 0.1) is 22.3 Å². The molecule has 5 rings (SSSR count). The number of carboxylic acids is 1. The quantitative estimate of drug-likeness (QED) is 0.661. The predicted molar refractivity (Wildman–Crippen MR) is 113 cm³/mol. The molecule has 0 radical (unpaired) electrons. The third-order valence-electron chi connectivity index (χ3n) is 5.83. The summed E-state index contributed by atoms with van der Waals surface area (Å²) in [4.78, 5) is 11.8. The van der Waals surface area contributed by atoms with Crippen molar-refractivity contribution in [2.75, 3.05) is 16.8 Å². The van der Waals surface area contributed by atoms with E-state index in [0.29, 0.717) is 16.7 Å². The lowest BCUT2D eigenvalue weighted by atomic mass is 9.75. The van der Waals surface area contributed by atoms with Crippen LogP contribution in [0.2, 0.25) is 5.02 Å². The fourth-order valence-electron chi connectivity index (χ4n) is 4.45. The number of anilines is 1. The van der Waals surface area contributed by atoms with Crippen molar-refractivity contribution in [2.24, 2.45) is 5.92 Å². The molecule has 144 valence electrons. The largest absolute Gasteiger partial charge is 0.489 e. The molecular formula is C22H20ClNO3S. The highest BCUT2D eigenvalue weighted by atomic mass is 35.5. The molecule has 2 aromatic carbocycles. The van der Waals surface area contributed by atoms with Gasteiger partial charge in [-0.05, 0) is 47.7 Å². The topological polar surface area (TPSA) is 58.6 Å². The summed E-state index contributed by atoms with van der Waals surface area (Å²) < 4.78 is 6.07. The fourth-order valence-corrected chi connectivity index (χ4v) is 5.23. The Hall–Kier alpha value is -2.11. The van der Waals surface area contributed by atoms with E-state index in [2.05, 4.69) is 29.6 Å². The van der Waals surface area contributed by atoms with Crippen molar-refractivity contribution in [1.82, 2.24) is 0 Å². The van der Waals surface area contributed by atoms with Crippen LogP contribution >= 0.6 is 23.4 Å². The van der Waals surface area contributed by atoms with Crippen LogP contribution in [0.3, 0.4) is 0 Å². The van der Waals surface area contributed by atoms with Crippen molar-refractivity contribution >= 4 is 35.0 Å². The molecule has 0 bridgehead atoms. The number of ether oxygens (including phenoxy) is 1. The average Bonchev–Trinajstić information content (AvgIpc) is 3.14. The Morgan fingerprint density at radius 1 is 1.25 bits per heavy atom. The average molecular weight is 414 g/mol. The van der Waals surface area contributed by atoms with Gasteiger partial charge in [-0.1, -0.05) is 35.9 Å². The molecule has 1 fully saturated rings. The summed E-state index contributed by atoms with van der Waals surface area (Å²) in [7, 11) is 0. The van der Waals surface area contributed by atoms with E-state index in [1.165, 1.54) is 0 Å². The van der Waals surface area contributed by atoms with Crippen LogP contribution in [0.4, 0.5) is 5.69 Å². The highest BCUT2D eigenvalue weighted by Crippen LogP contribution is 2.52. The van der Waals surface area contributed by atoms with Crippen LogP contribution in [0.5, 0.6) is 5.75 Å². The second-order valence-electron chi connectivity index (χ2n) is 7.51. The molecule has 1 aliphatic carbocycles. The second kappa shape index (κ2) is 7.05. The van der Waals surface area contributed by atoms with Gasteiger partial charge in [-0.15, -0.1) is 0 Å². The van der Waals surface area contributed by atoms with Gasteiger partial charge in [0.25, 0.3) is 0 Å². The number of fused-ring (bicyclic) bond motifs is 3. The van der Waals surface area contributed by atoms with E-state index in [1.807, 2.05) is 23.9 Å². The SMILES string of the molecule is O=C(O)c1ccc(Cl)c2c1C1C=CCC1C(c1cccc(OC3CSC3)c1)N2. The summed E-state index contributed by atoms with van der Waals surface area (Å²) in [6.45, 7) is 0. The van der Waals surface area contributed by atoms with Crippen LogP contribution in [-0.2, 0) is 0 Å². The highest BCUT2D eigenvalue weighted by Gasteiger charge is 2.41. The fraction of sp³-hybridized carbons (Fsp3) is 0.318. The van der Waals surface area contributed by atoms with Crippen LogP contribution in [0, 0.1) is 5.92 Å². The minimum Gasteiger partial charge on any atom is -0.489 e. The van der Waals surface area contributed by atoms with Gasteiger partial charge in [-0.2, -0.15) is 11.8 Å². The summed E-state index contributed by atoms with van der Waals surface area (Å²) in [5.74, 6) is 2.35. The molecule has 3 atom stereocenters. The number of nitrogens with one attached hydrogen (secondary N) is 1. The van der Waals surface area contributed by atoms with E-state index < -0.39 is 5.97 Å². The zero-order valence-corrected chi connectivity index (χ0v) is 16.7. The molecule has 2 aromatic rings. The Bertz CT molecular complexity index is 972. The van der Waals surface area contributed by atoms with E-state index in [0.717, 1.165) is 40.5 Å². The number of carboxylic acid groups (broad SMARTS) is 1. The van der Waals surface area contributed by atoms with Crippen LogP contribution < -0.4 is 10.1 Å². The summed E-state index contributed by atoms with van der Waals surface area (Å²) in [5, 5.41) is 13.8. The van der Waals surface area contributed by atoms with E-state index in [1.54, 1.807) is 12.1 Å². The Morgan fingerprint density at radius 3 is 2.86 bits per heavy atom. The maximum absolute atomic E-state index is 11.8. The van der Waals surface area contributed by atoms with Gasteiger partial charge in [-0.3, -0.25) is 0 Å². The molecule has 2 aliphatic heterocycles. The maximum Gasteiger partial charge on any atom is 0.336 e. The number of benzene rings is 2. The minimum atomic E-state index is -0.916. The van der Waals surface area contributed by atoms with Crippen LogP contribution in [0.15, 0.2) is 48.6 Å². The van der Waals surface area contributed by atoms with Gasteiger partial charge in [0, 0.05) is 17.4 Å². The molecule has 3 unspecified atom stereocenters. The van der Waals surface area contributed by atoms with E-state index in [4.69, 9.17) is 16.3 Å². The Labute approximate surface area is 172 Å². The third kappa shape index (κ3) is 2.97. The first-order valence-corrected chi connectivity index (χ1v) is 11.0. The molecule has 2 N–H and O–H groups in total. The van der Waals surface area contributed by atoms with Crippen molar-refractivity contribution in [2.45, 2.75) is 24.5 Å². The lowest BCUT2D eigenvalue weighted by Crippen LogP contribution is -2.32. The lowest BCUT2D eigenvalue weighted by molar-refractivity contribution is 0.0695. The summed E-state index contributed by atoms with van der Waals surface area (Å²) in [6, 6.07) is 11.6. The number of hydrogen-bond donors (Lipinski definition) is 2.